The van der Waals surface area contributed by atoms with Crippen LogP contribution in [0, 0.1) is 0 Å². The smallest absolute Gasteiger partial charge is 0.319 e. The van der Waals surface area contributed by atoms with Crippen LogP contribution in [-0.4, -0.2) is 24.2 Å². The second kappa shape index (κ2) is 6.18. The summed E-state index contributed by atoms with van der Waals surface area (Å²) in [6.07, 6.45) is 2.68. The highest BCUT2D eigenvalue weighted by Crippen LogP contribution is 2.23. The normalized spacial score (nSPS) is 12.2. The zero-order valence-corrected chi connectivity index (χ0v) is 11.1. The number of thioether (sulfide) groups is 1. The third-order valence-corrected chi connectivity index (χ3v) is 3.58. The fourth-order valence-corrected chi connectivity index (χ4v) is 2.44. The van der Waals surface area contributed by atoms with Gasteiger partial charge in [-0.2, -0.15) is 0 Å². The summed E-state index contributed by atoms with van der Waals surface area (Å²) in [7, 11) is 1.40. The maximum absolute atomic E-state index is 11.2. The van der Waals surface area contributed by atoms with E-state index in [9.17, 15) is 4.79 Å². The van der Waals surface area contributed by atoms with Gasteiger partial charge >= 0.3 is 5.97 Å². The Bertz CT molecular complexity index is 341. The quantitative estimate of drug-likeness (QED) is 0.484. The van der Waals surface area contributed by atoms with Crippen LogP contribution in [0.3, 0.4) is 0 Å². The van der Waals surface area contributed by atoms with E-state index in [1.807, 2.05) is 24.5 Å². The van der Waals surface area contributed by atoms with E-state index in [0.717, 1.165) is 5.56 Å². The minimum Gasteiger partial charge on any atom is -0.468 e. The number of hydrogen-bond donors (Lipinski definition) is 0. The Labute approximate surface area is 103 Å². The summed E-state index contributed by atoms with van der Waals surface area (Å²) < 4.78 is 4.67. The van der Waals surface area contributed by atoms with Gasteiger partial charge in [0, 0.05) is 4.90 Å². The van der Waals surface area contributed by atoms with Crippen molar-refractivity contribution in [2.24, 2.45) is 0 Å². The van der Waals surface area contributed by atoms with Crippen molar-refractivity contribution < 1.29 is 9.53 Å². The molecular weight excluding hydrogens is 276 g/mol. The van der Waals surface area contributed by atoms with Gasteiger partial charge in [-0.1, -0.05) is 34.1 Å². The van der Waals surface area contributed by atoms with Gasteiger partial charge in [0.25, 0.3) is 0 Å². The lowest BCUT2D eigenvalue weighted by Gasteiger charge is -2.10. The summed E-state index contributed by atoms with van der Waals surface area (Å²) in [6, 6.07) is 8.06. The van der Waals surface area contributed by atoms with Crippen LogP contribution >= 0.6 is 27.7 Å². The number of carbonyl (C=O) groups is 1. The molecular formula is C11H13BrO2S. The van der Waals surface area contributed by atoms with E-state index in [-0.39, 0.29) is 10.8 Å². The lowest BCUT2D eigenvalue weighted by molar-refractivity contribution is -0.139. The van der Waals surface area contributed by atoms with E-state index in [4.69, 9.17) is 0 Å². The molecule has 1 aromatic rings. The molecule has 0 spiro atoms. The number of esters is 1. The first kappa shape index (κ1) is 12.6. The predicted octanol–water partition coefficient (Wildman–Crippen LogP) is 2.89. The Morgan fingerprint density at radius 2 is 2.20 bits per heavy atom. The van der Waals surface area contributed by atoms with Gasteiger partial charge in [0.05, 0.1) is 7.11 Å². The first-order valence-electron chi connectivity index (χ1n) is 4.52. The largest absolute Gasteiger partial charge is 0.468 e. The molecule has 0 saturated heterocycles. The number of carbonyl (C=O) groups excluding carboxylic acids is 1. The highest BCUT2D eigenvalue weighted by molar-refractivity contribution is 9.10. The number of halogens is 1. The van der Waals surface area contributed by atoms with E-state index >= 15 is 0 Å². The molecule has 1 rings (SSSR count). The third-order valence-electron chi connectivity index (χ3n) is 2.05. The van der Waals surface area contributed by atoms with Crippen LogP contribution in [0.4, 0.5) is 0 Å². The molecule has 0 aliphatic rings. The highest BCUT2D eigenvalue weighted by Gasteiger charge is 2.16. The van der Waals surface area contributed by atoms with Crippen LogP contribution in [0.2, 0.25) is 0 Å². The molecule has 15 heavy (non-hydrogen) atoms. The molecule has 4 heteroatoms. The molecule has 1 unspecified atom stereocenters. The number of benzene rings is 1. The minimum absolute atomic E-state index is 0.231. The van der Waals surface area contributed by atoms with Gasteiger partial charge in [-0.3, -0.25) is 4.79 Å². The second-order valence-corrected chi connectivity index (χ2v) is 4.96. The van der Waals surface area contributed by atoms with Gasteiger partial charge < -0.3 is 4.74 Å². The minimum atomic E-state index is -0.268. The van der Waals surface area contributed by atoms with Gasteiger partial charge in [0.2, 0.25) is 0 Å². The maximum Gasteiger partial charge on any atom is 0.319 e. The number of rotatable bonds is 4. The molecule has 0 radical (unpaired) electrons. The van der Waals surface area contributed by atoms with E-state index in [1.54, 1.807) is 11.8 Å². The van der Waals surface area contributed by atoms with E-state index in [2.05, 4.69) is 26.7 Å². The fourth-order valence-electron chi connectivity index (χ4n) is 1.28. The van der Waals surface area contributed by atoms with Crippen molar-refractivity contribution in [2.45, 2.75) is 16.1 Å². The van der Waals surface area contributed by atoms with Crippen molar-refractivity contribution >= 4 is 33.7 Å². The van der Waals surface area contributed by atoms with Crippen LogP contribution in [0.25, 0.3) is 0 Å². The molecule has 2 nitrogen and oxygen atoms in total. The molecule has 0 amide bonds. The van der Waals surface area contributed by atoms with Crippen molar-refractivity contribution in [3.05, 3.63) is 29.8 Å². The predicted molar refractivity (Wildman–Crippen MR) is 66.7 cm³/mol. The number of alkyl halides is 1. The Balaban J connectivity index is 2.75. The number of ether oxygens (including phenoxy) is 1. The molecule has 1 aromatic carbocycles. The van der Waals surface area contributed by atoms with Crippen LogP contribution in [0.15, 0.2) is 29.2 Å². The molecule has 0 heterocycles. The van der Waals surface area contributed by atoms with Crippen molar-refractivity contribution in [3.8, 4) is 0 Å². The zero-order valence-electron chi connectivity index (χ0n) is 8.70. The van der Waals surface area contributed by atoms with Crippen LogP contribution in [0.1, 0.15) is 5.56 Å². The summed E-state index contributed by atoms with van der Waals surface area (Å²) in [5.74, 6) is -0.231. The lowest BCUT2D eigenvalue weighted by atomic mass is 10.1. The van der Waals surface area contributed by atoms with Crippen molar-refractivity contribution in [1.82, 2.24) is 0 Å². The molecule has 1 atom stereocenters. The summed E-state index contributed by atoms with van der Waals surface area (Å²) in [5.41, 5.74) is 1.16. The molecule has 0 aromatic heterocycles. The van der Waals surface area contributed by atoms with Crippen molar-refractivity contribution in [3.63, 3.8) is 0 Å². The van der Waals surface area contributed by atoms with Gasteiger partial charge in [0.1, 0.15) is 4.83 Å². The molecule has 82 valence electrons. The maximum atomic E-state index is 11.2. The molecule has 0 bridgehead atoms. The van der Waals surface area contributed by atoms with Crippen LogP contribution < -0.4 is 0 Å². The summed E-state index contributed by atoms with van der Waals surface area (Å²) in [5, 5.41) is 0. The number of methoxy groups -OCH3 is 1. The average Bonchev–Trinajstić information content (AvgIpc) is 2.28. The summed E-state index contributed by atoms with van der Waals surface area (Å²) >= 11 is 5.00. The molecule has 0 N–H and O–H groups in total. The summed E-state index contributed by atoms with van der Waals surface area (Å²) in [4.78, 5) is 12.2. The van der Waals surface area contributed by atoms with E-state index in [0.29, 0.717) is 6.42 Å². The molecule has 0 saturated carbocycles. The topological polar surface area (TPSA) is 26.3 Å². The highest BCUT2D eigenvalue weighted by atomic mass is 79.9. The zero-order chi connectivity index (χ0) is 11.3. The Morgan fingerprint density at radius 1 is 1.53 bits per heavy atom. The monoisotopic (exact) mass is 288 g/mol. The standard InChI is InChI=1S/C11H13BrO2S/c1-14-11(13)9(12)7-8-5-3-4-6-10(8)15-2/h3-6,9H,7H2,1-2H3. The average molecular weight is 289 g/mol. The molecule has 0 aliphatic carbocycles. The first-order valence-corrected chi connectivity index (χ1v) is 6.67. The Kier molecular flexibility index (Phi) is 5.19. The SMILES string of the molecule is COC(=O)C(Br)Cc1ccccc1SC. The first-order chi connectivity index (χ1) is 7.19. The van der Waals surface area contributed by atoms with Crippen LogP contribution in [-0.2, 0) is 16.0 Å². The molecule has 0 fully saturated rings. The van der Waals surface area contributed by atoms with Gasteiger partial charge in [-0.05, 0) is 24.3 Å². The van der Waals surface area contributed by atoms with E-state index < -0.39 is 0 Å². The van der Waals surface area contributed by atoms with Crippen molar-refractivity contribution in [1.29, 1.82) is 0 Å². The van der Waals surface area contributed by atoms with Crippen molar-refractivity contribution in [2.75, 3.05) is 13.4 Å². The lowest BCUT2D eigenvalue weighted by Crippen LogP contribution is -2.18. The van der Waals surface area contributed by atoms with E-state index in [1.165, 1.54) is 12.0 Å². The van der Waals surface area contributed by atoms with Gasteiger partial charge in [-0.15, -0.1) is 11.8 Å². The Hall–Kier alpha value is -0.480. The third kappa shape index (κ3) is 3.54. The second-order valence-electron chi connectivity index (χ2n) is 3.01. The summed E-state index contributed by atoms with van der Waals surface area (Å²) in [6.45, 7) is 0. The van der Waals surface area contributed by atoms with Crippen LogP contribution in [0.5, 0.6) is 0 Å². The Morgan fingerprint density at radius 3 is 2.80 bits per heavy atom. The molecule has 0 aliphatic heterocycles. The fraction of sp³-hybridized carbons (Fsp3) is 0.364. The number of hydrogen-bond acceptors (Lipinski definition) is 3. The van der Waals surface area contributed by atoms with Gasteiger partial charge in [0.15, 0.2) is 0 Å². The van der Waals surface area contributed by atoms with Gasteiger partial charge in [-0.25, -0.2) is 0 Å².